The number of halogens is 1. The van der Waals surface area contributed by atoms with E-state index in [9.17, 15) is 13.2 Å². The van der Waals surface area contributed by atoms with Gasteiger partial charge in [0.2, 0.25) is 0 Å². The van der Waals surface area contributed by atoms with Gasteiger partial charge in [0, 0.05) is 30.2 Å². The van der Waals surface area contributed by atoms with Crippen molar-refractivity contribution in [3.05, 3.63) is 29.8 Å². The van der Waals surface area contributed by atoms with Crippen LogP contribution in [0, 0.1) is 0 Å². The normalized spacial score (nSPS) is 11.3. The number of rotatable bonds is 5. The standard InChI is InChI=1S/C12H16BrNO3S/c1-3-14(9-8-13)12(15)10-4-6-11(7-5-10)18(2,16)17/h4-7H,3,8-9H2,1-2H3. The Morgan fingerprint density at radius 3 is 2.22 bits per heavy atom. The van der Waals surface area contributed by atoms with Gasteiger partial charge in [0.1, 0.15) is 0 Å². The molecule has 4 nitrogen and oxygen atoms in total. The molecule has 1 aromatic carbocycles. The van der Waals surface area contributed by atoms with Crippen LogP contribution in [0.5, 0.6) is 0 Å². The van der Waals surface area contributed by atoms with E-state index in [1.165, 1.54) is 12.1 Å². The highest BCUT2D eigenvalue weighted by Gasteiger charge is 2.14. The van der Waals surface area contributed by atoms with E-state index in [4.69, 9.17) is 0 Å². The fourth-order valence-corrected chi connectivity index (χ4v) is 2.59. The first kappa shape index (κ1) is 15.2. The molecule has 0 aromatic heterocycles. The minimum Gasteiger partial charge on any atom is -0.338 e. The number of amides is 1. The molecule has 1 aromatic rings. The van der Waals surface area contributed by atoms with E-state index in [-0.39, 0.29) is 10.8 Å². The highest BCUT2D eigenvalue weighted by molar-refractivity contribution is 9.09. The summed E-state index contributed by atoms with van der Waals surface area (Å²) in [5.41, 5.74) is 0.505. The molecule has 0 aliphatic heterocycles. The Morgan fingerprint density at radius 1 is 1.28 bits per heavy atom. The maximum Gasteiger partial charge on any atom is 0.253 e. The Balaban J connectivity index is 2.95. The summed E-state index contributed by atoms with van der Waals surface area (Å²) in [6.07, 6.45) is 1.15. The van der Waals surface area contributed by atoms with E-state index in [2.05, 4.69) is 15.9 Å². The van der Waals surface area contributed by atoms with Crippen molar-refractivity contribution in [1.29, 1.82) is 0 Å². The molecule has 1 amide bonds. The first-order chi connectivity index (χ1) is 8.40. The summed E-state index contributed by atoms with van der Waals surface area (Å²) in [5.74, 6) is -0.0861. The van der Waals surface area contributed by atoms with Crippen LogP contribution in [0.15, 0.2) is 29.2 Å². The molecule has 0 spiro atoms. The van der Waals surface area contributed by atoms with Crippen molar-refractivity contribution in [3.8, 4) is 0 Å². The summed E-state index contributed by atoms with van der Waals surface area (Å²) >= 11 is 3.30. The molecule has 0 radical (unpaired) electrons. The average molecular weight is 334 g/mol. The Labute approximate surface area is 116 Å². The number of carbonyl (C=O) groups is 1. The minimum atomic E-state index is -3.21. The van der Waals surface area contributed by atoms with Crippen LogP contribution in [0.3, 0.4) is 0 Å². The Hall–Kier alpha value is -0.880. The lowest BCUT2D eigenvalue weighted by molar-refractivity contribution is 0.0775. The van der Waals surface area contributed by atoms with Crippen LogP contribution in [0.2, 0.25) is 0 Å². The Kier molecular flexibility index (Phi) is 5.34. The highest BCUT2D eigenvalue weighted by Crippen LogP contribution is 2.12. The molecule has 0 fully saturated rings. The summed E-state index contributed by atoms with van der Waals surface area (Å²) in [7, 11) is -3.21. The summed E-state index contributed by atoms with van der Waals surface area (Å²) in [4.78, 5) is 14.0. The lowest BCUT2D eigenvalue weighted by Crippen LogP contribution is -2.32. The van der Waals surface area contributed by atoms with Gasteiger partial charge in [-0.25, -0.2) is 8.42 Å². The molecule has 6 heteroatoms. The van der Waals surface area contributed by atoms with Gasteiger partial charge in [0.25, 0.3) is 5.91 Å². The van der Waals surface area contributed by atoms with Crippen LogP contribution in [-0.2, 0) is 9.84 Å². The van der Waals surface area contributed by atoms with Crippen molar-refractivity contribution in [2.45, 2.75) is 11.8 Å². The molecular formula is C12H16BrNO3S. The predicted octanol–water partition coefficient (Wildman–Crippen LogP) is 1.95. The molecule has 0 N–H and O–H groups in total. The van der Waals surface area contributed by atoms with Gasteiger partial charge in [-0.2, -0.15) is 0 Å². The zero-order chi connectivity index (χ0) is 13.8. The summed E-state index contributed by atoms with van der Waals surface area (Å²) < 4.78 is 22.6. The van der Waals surface area contributed by atoms with E-state index in [0.29, 0.717) is 24.0 Å². The van der Waals surface area contributed by atoms with Crippen LogP contribution >= 0.6 is 15.9 Å². The second kappa shape index (κ2) is 6.33. The Morgan fingerprint density at radius 2 is 1.83 bits per heavy atom. The summed E-state index contributed by atoms with van der Waals surface area (Å²) in [6, 6.07) is 6.03. The molecule has 0 unspecified atom stereocenters. The second-order valence-corrected chi connectivity index (χ2v) is 6.68. The van der Waals surface area contributed by atoms with E-state index < -0.39 is 9.84 Å². The molecule has 18 heavy (non-hydrogen) atoms. The van der Waals surface area contributed by atoms with Crippen molar-refractivity contribution >= 4 is 31.7 Å². The smallest absolute Gasteiger partial charge is 0.253 e. The number of sulfone groups is 1. The lowest BCUT2D eigenvalue weighted by atomic mass is 10.2. The molecular weight excluding hydrogens is 318 g/mol. The fourth-order valence-electron chi connectivity index (χ4n) is 1.53. The van der Waals surface area contributed by atoms with Gasteiger partial charge in [-0.05, 0) is 31.2 Å². The largest absolute Gasteiger partial charge is 0.338 e. The van der Waals surface area contributed by atoms with Crippen molar-refractivity contribution < 1.29 is 13.2 Å². The van der Waals surface area contributed by atoms with Gasteiger partial charge in [-0.15, -0.1) is 0 Å². The molecule has 0 saturated carbocycles. The van der Waals surface area contributed by atoms with Crippen LogP contribution in [0.1, 0.15) is 17.3 Å². The summed E-state index contributed by atoms with van der Waals surface area (Å²) in [5, 5.41) is 0.716. The average Bonchev–Trinajstić information content (AvgIpc) is 2.34. The van der Waals surface area contributed by atoms with Crippen LogP contribution in [0.4, 0.5) is 0 Å². The monoisotopic (exact) mass is 333 g/mol. The molecule has 0 aliphatic carbocycles. The second-order valence-electron chi connectivity index (χ2n) is 3.87. The van der Waals surface area contributed by atoms with E-state index >= 15 is 0 Å². The van der Waals surface area contributed by atoms with Gasteiger partial charge in [-0.3, -0.25) is 4.79 Å². The molecule has 100 valence electrons. The van der Waals surface area contributed by atoms with Gasteiger partial charge in [-0.1, -0.05) is 15.9 Å². The van der Waals surface area contributed by atoms with E-state index in [1.54, 1.807) is 17.0 Å². The van der Waals surface area contributed by atoms with Gasteiger partial charge < -0.3 is 4.90 Å². The van der Waals surface area contributed by atoms with E-state index in [1.807, 2.05) is 6.92 Å². The third-order valence-corrected chi connectivity index (χ3v) is 4.04. The molecule has 0 bridgehead atoms. The quantitative estimate of drug-likeness (QED) is 0.774. The van der Waals surface area contributed by atoms with Crippen molar-refractivity contribution in [2.24, 2.45) is 0 Å². The van der Waals surface area contributed by atoms with Crippen molar-refractivity contribution in [3.63, 3.8) is 0 Å². The third kappa shape index (κ3) is 3.81. The molecule has 0 heterocycles. The SMILES string of the molecule is CCN(CCBr)C(=O)c1ccc(S(C)(=O)=O)cc1. The van der Waals surface area contributed by atoms with Gasteiger partial charge >= 0.3 is 0 Å². The molecule has 0 atom stereocenters. The topological polar surface area (TPSA) is 54.5 Å². The number of alkyl halides is 1. The maximum atomic E-state index is 12.1. The minimum absolute atomic E-state index is 0.0861. The van der Waals surface area contributed by atoms with Crippen LogP contribution < -0.4 is 0 Å². The first-order valence-corrected chi connectivity index (χ1v) is 8.56. The third-order valence-electron chi connectivity index (χ3n) is 2.55. The molecule has 0 aliphatic rings. The van der Waals surface area contributed by atoms with Crippen LogP contribution in [-0.4, -0.2) is 43.9 Å². The highest BCUT2D eigenvalue weighted by atomic mass is 79.9. The lowest BCUT2D eigenvalue weighted by Gasteiger charge is -2.19. The molecule has 0 saturated heterocycles. The number of carbonyl (C=O) groups excluding carboxylic acids is 1. The molecule has 1 rings (SSSR count). The fraction of sp³-hybridized carbons (Fsp3) is 0.417. The van der Waals surface area contributed by atoms with Gasteiger partial charge in [0.15, 0.2) is 9.84 Å². The first-order valence-electron chi connectivity index (χ1n) is 5.55. The number of hydrogen-bond acceptors (Lipinski definition) is 3. The Bertz CT molecular complexity index is 511. The van der Waals surface area contributed by atoms with Gasteiger partial charge in [0.05, 0.1) is 4.90 Å². The predicted molar refractivity (Wildman–Crippen MR) is 74.9 cm³/mol. The maximum absolute atomic E-state index is 12.1. The zero-order valence-corrected chi connectivity index (χ0v) is 12.8. The number of nitrogens with zero attached hydrogens (tertiary/aromatic N) is 1. The van der Waals surface area contributed by atoms with Crippen molar-refractivity contribution in [1.82, 2.24) is 4.90 Å². The van der Waals surface area contributed by atoms with E-state index in [0.717, 1.165) is 6.26 Å². The number of benzene rings is 1. The number of hydrogen-bond donors (Lipinski definition) is 0. The van der Waals surface area contributed by atoms with Crippen molar-refractivity contribution in [2.75, 3.05) is 24.7 Å². The van der Waals surface area contributed by atoms with Crippen LogP contribution in [0.25, 0.3) is 0 Å². The summed E-state index contributed by atoms with van der Waals surface area (Å²) in [6.45, 7) is 3.16. The zero-order valence-electron chi connectivity index (χ0n) is 10.4.